The highest BCUT2D eigenvalue weighted by Gasteiger charge is 2.54. The van der Waals surface area contributed by atoms with Crippen LogP contribution in [-0.4, -0.2) is 60.0 Å². The first kappa shape index (κ1) is 28.9. The smallest absolute Gasteiger partial charge is 0.354 e. The van der Waals surface area contributed by atoms with Gasteiger partial charge >= 0.3 is 11.9 Å². The van der Waals surface area contributed by atoms with Gasteiger partial charge < -0.3 is 49.6 Å². The molecule has 2 aliphatic rings. The van der Waals surface area contributed by atoms with Gasteiger partial charge in [-0.3, -0.25) is 0 Å². The molecule has 3 aromatic rings. The van der Waals surface area contributed by atoms with Gasteiger partial charge in [-0.25, -0.2) is 9.59 Å². The largest absolute Gasteiger partial charge is 1.00 e. The summed E-state index contributed by atoms with van der Waals surface area (Å²) in [7, 11) is 2.26. The number of piperidine rings is 1. The molecule has 39 heavy (non-hydrogen) atoms. The van der Waals surface area contributed by atoms with Crippen LogP contribution < -0.4 is 21.7 Å². The van der Waals surface area contributed by atoms with Crippen molar-refractivity contribution in [1.82, 2.24) is 0 Å². The standard InChI is InChI=1S/C29H34NO8.BrH/c1-3-34-27(31)19-37-23-8-4-7-20(15-23)18-30(2)21-11-12-22(30)17-24(16-21)38-28(32)29(33,25-9-5-13-35-25)26-10-6-14-36-26;/h4-10,13-15,21-22,24,33H,3,11-12,16-19H2,1-2H3;1H/q+1;/p-1/t21-,22+,24?,30?;. The SMILES string of the molecule is CCOC(=O)COc1cccc(C[N+]2(C)[C@@H]3CC[C@H]2CC(OC(=O)C(O)(c2ccco2)c2ccco2)C3)c1.[Br-]. The number of hydrogen-bond acceptors (Lipinski definition) is 8. The minimum atomic E-state index is -2.15. The Morgan fingerprint density at radius 2 is 1.67 bits per heavy atom. The summed E-state index contributed by atoms with van der Waals surface area (Å²) in [5.41, 5.74) is -1.03. The average Bonchev–Trinajstić information content (AvgIpc) is 3.65. The summed E-state index contributed by atoms with van der Waals surface area (Å²) in [5.74, 6) is -0.441. The molecule has 9 nitrogen and oxygen atoms in total. The number of furan rings is 2. The number of ether oxygens (including phenoxy) is 3. The Balaban J connectivity index is 0.00000353. The van der Waals surface area contributed by atoms with Crippen molar-refractivity contribution in [2.75, 3.05) is 20.3 Å². The highest BCUT2D eigenvalue weighted by molar-refractivity contribution is 5.83. The van der Waals surface area contributed by atoms with E-state index < -0.39 is 17.5 Å². The second kappa shape index (κ2) is 12.0. The summed E-state index contributed by atoms with van der Waals surface area (Å²) >= 11 is 0. The summed E-state index contributed by atoms with van der Waals surface area (Å²) in [4.78, 5) is 25.0. The third-order valence-corrected chi connectivity index (χ3v) is 7.98. The Hall–Kier alpha value is -3.08. The van der Waals surface area contributed by atoms with E-state index in [2.05, 4.69) is 13.1 Å². The van der Waals surface area contributed by atoms with Crippen molar-refractivity contribution in [3.63, 3.8) is 0 Å². The molecule has 4 atom stereocenters. The monoisotopic (exact) mass is 603 g/mol. The first-order valence-electron chi connectivity index (χ1n) is 13.1. The topological polar surface area (TPSA) is 108 Å². The Labute approximate surface area is 238 Å². The molecule has 1 N–H and O–H groups in total. The van der Waals surface area contributed by atoms with Gasteiger partial charge in [-0.05, 0) is 43.3 Å². The molecular weight excluding hydrogens is 570 g/mol. The molecular formula is C29H34BrNO8. The maximum absolute atomic E-state index is 13.4. The second-order valence-electron chi connectivity index (χ2n) is 10.3. The van der Waals surface area contributed by atoms with Crippen LogP contribution in [0, 0.1) is 0 Å². The summed E-state index contributed by atoms with van der Waals surface area (Å²) in [6.45, 7) is 2.76. The van der Waals surface area contributed by atoms with Crippen LogP contribution in [0.15, 0.2) is 69.9 Å². The number of halogens is 1. The molecule has 2 aromatic heterocycles. The zero-order valence-corrected chi connectivity index (χ0v) is 23.7. The third-order valence-electron chi connectivity index (χ3n) is 7.98. The zero-order valence-electron chi connectivity index (χ0n) is 22.1. The molecule has 0 saturated carbocycles. The van der Waals surface area contributed by atoms with Gasteiger partial charge in [0.25, 0.3) is 5.60 Å². The molecule has 10 heteroatoms. The summed E-state index contributed by atoms with van der Waals surface area (Å²) in [6.07, 6.45) is 5.95. The average molecular weight is 604 g/mol. The summed E-state index contributed by atoms with van der Waals surface area (Å²) in [6, 6.07) is 14.7. The molecule has 2 aliphatic heterocycles. The number of hydrogen-bond donors (Lipinski definition) is 1. The first-order valence-corrected chi connectivity index (χ1v) is 13.1. The molecule has 4 heterocycles. The van der Waals surface area contributed by atoms with E-state index in [4.69, 9.17) is 23.0 Å². The van der Waals surface area contributed by atoms with Gasteiger partial charge in [-0.15, -0.1) is 0 Å². The van der Waals surface area contributed by atoms with E-state index in [1.54, 1.807) is 19.1 Å². The molecule has 1 aromatic carbocycles. The molecule has 0 spiro atoms. The van der Waals surface area contributed by atoms with Crippen LogP contribution in [0.2, 0.25) is 0 Å². The van der Waals surface area contributed by atoms with Crippen molar-refractivity contribution in [3.8, 4) is 5.75 Å². The highest BCUT2D eigenvalue weighted by Crippen LogP contribution is 2.44. The maximum Gasteiger partial charge on any atom is 0.354 e. The third kappa shape index (κ3) is 5.78. The van der Waals surface area contributed by atoms with Gasteiger partial charge in [0.05, 0.1) is 38.3 Å². The normalized spacial score (nSPS) is 24.0. The molecule has 0 radical (unpaired) electrons. The minimum Gasteiger partial charge on any atom is -1.00 e. The van der Waals surface area contributed by atoms with Gasteiger partial charge in [0.2, 0.25) is 0 Å². The van der Waals surface area contributed by atoms with E-state index in [0.717, 1.165) is 29.4 Å². The molecule has 2 unspecified atom stereocenters. The fraction of sp³-hybridized carbons (Fsp3) is 0.448. The number of rotatable bonds is 10. The Morgan fingerprint density at radius 1 is 1.03 bits per heavy atom. The second-order valence-corrected chi connectivity index (χ2v) is 10.3. The van der Waals surface area contributed by atoms with Crippen LogP contribution >= 0.6 is 0 Å². The van der Waals surface area contributed by atoms with Crippen LogP contribution in [0.3, 0.4) is 0 Å². The number of fused-ring (bicyclic) bond motifs is 2. The van der Waals surface area contributed by atoms with E-state index in [1.807, 2.05) is 18.2 Å². The van der Waals surface area contributed by atoms with E-state index in [9.17, 15) is 14.7 Å². The predicted octanol–water partition coefficient (Wildman–Crippen LogP) is 0.938. The quantitative estimate of drug-likeness (QED) is 0.269. The first-order chi connectivity index (χ1) is 18.3. The lowest BCUT2D eigenvalue weighted by atomic mass is 9.94. The Morgan fingerprint density at radius 3 is 2.23 bits per heavy atom. The van der Waals surface area contributed by atoms with Crippen molar-refractivity contribution >= 4 is 11.9 Å². The van der Waals surface area contributed by atoms with Crippen LogP contribution in [0.1, 0.15) is 49.7 Å². The van der Waals surface area contributed by atoms with Gasteiger partial charge in [0.1, 0.15) is 18.4 Å². The molecule has 2 saturated heterocycles. The fourth-order valence-corrected chi connectivity index (χ4v) is 6.05. The zero-order chi connectivity index (χ0) is 26.8. The van der Waals surface area contributed by atoms with Gasteiger partial charge in [-0.1, -0.05) is 12.1 Å². The minimum absolute atomic E-state index is 0. The Kier molecular flexibility index (Phi) is 8.88. The van der Waals surface area contributed by atoms with Crippen molar-refractivity contribution in [2.45, 2.75) is 62.9 Å². The van der Waals surface area contributed by atoms with Crippen molar-refractivity contribution in [1.29, 1.82) is 0 Å². The highest BCUT2D eigenvalue weighted by atomic mass is 79.9. The van der Waals surface area contributed by atoms with Crippen LogP contribution in [0.5, 0.6) is 5.75 Å². The van der Waals surface area contributed by atoms with Crippen LogP contribution in [0.25, 0.3) is 0 Å². The lowest BCUT2D eigenvalue weighted by Gasteiger charge is -2.47. The van der Waals surface area contributed by atoms with E-state index >= 15 is 0 Å². The molecule has 2 bridgehead atoms. The summed E-state index contributed by atoms with van der Waals surface area (Å²) < 4.78 is 28.1. The lowest BCUT2D eigenvalue weighted by molar-refractivity contribution is -0.961. The predicted molar refractivity (Wildman–Crippen MR) is 135 cm³/mol. The van der Waals surface area contributed by atoms with Gasteiger partial charge in [0.15, 0.2) is 18.1 Å². The summed E-state index contributed by atoms with van der Waals surface area (Å²) in [5, 5.41) is 11.4. The maximum atomic E-state index is 13.4. The molecule has 0 amide bonds. The van der Waals surface area contributed by atoms with Crippen molar-refractivity contribution < 1.29 is 59.2 Å². The Bertz CT molecular complexity index is 1190. The number of benzene rings is 1. The molecule has 210 valence electrons. The number of carbonyl (C=O) groups excluding carboxylic acids is 2. The molecule has 2 fully saturated rings. The van der Waals surface area contributed by atoms with Gasteiger partial charge in [-0.2, -0.15) is 0 Å². The number of carbonyl (C=O) groups is 2. The molecule has 5 rings (SSSR count). The molecule has 0 aliphatic carbocycles. The number of nitrogens with zero attached hydrogens (tertiary/aromatic N) is 1. The fourth-order valence-electron chi connectivity index (χ4n) is 6.05. The number of quaternary nitrogens is 1. The van der Waals surface area contributed by atoms with Crippen molar-refractivity contribution in [3.05, 3.63) is 78.1 Å². The number of aliphatic hydroxyl groups is 1. The van der Waals surface area contributed by atoms with E-state index in [0.29, 0.717) is 37.3 Å². The van der Waals surface area contributed by atoms with Gasteiger partial charge in [0, 0.05) is 31.2 Å². The van der Waals surface area contributed by atoms with E-state index in [1.165, 1.54) is 24.7 Å². The van der Waals surface area contributed by atoms with Crippen LogP contribution in [0.4, 0.5) is 0 Å². The van der Waals surface area contributed by atoms with Crippen LogP contribution in [-0.2, 0) is 31.2 Å². The van der Waals surface area contributed by atoms with Crippen molar-refractivity contribution in [2.24, 2.45) is 0 Å². The van der Waals surface area contributed by atoms with E-state index in [-0.39, 0.29) is 41.2 Å². The number of esters is 2. The lowest BCUT2D eigenvalue weighted by Crippen LogP contribution is -3.00.